The van der Waals surface area contributed by atoms with Crippen LogP contribution < -0.4 is 0 Å². The Hall–Kier alpha value is -2.37. The zero-order chi connectivity index (χ0) is 18.9. The molecule has 1 aliphatic rings. The van der Waals surface area contributed by atoms with E-state index in [-0.39, 0.29) is 23.0 Å². The molecule has 0 atom stereocenters. The van der Waals surface area contributed by atoms with Crippen molar-refractivity contribution in [3.05, 3.63) is 70.5 Å². The number of rotatable bonds is 2. The van der Waals surface area contributed by atoms with Gasteiger partial charge in [0.2, 0.25) is 0 Å². The van der Waals surface area contributed by atoms with E-state index in [4.69, 9.17) is 0 Å². The van der Waals surface area contributed by atoms with Crippen molar-refractivity contribution >= 4 is 5.91 Å². The molecule has 0 aromatic heterocycles. The van der Waals surface area contributed by atoms with Gasteiger partial charge in [-0.05, 0) is 55.0 Å². The number of benzene rings is 2. The van der Waals surface area contributed by atoms with Gasteiger partial charge in [0.1, 0.15) is 5.82 Å². The average molecular weight is 365 g/mol. The molecule has 1 heterocycles. The molecule has 26 heavy (non-hydrogen) atoms. The molecule has 2 aromatic rings. The lowest BCUT2D eigenvalue weighted by Crippen LogP contribution is -2.38. The fourth-order valence-corrected chi connectivity index (χ4v) is 3.41. The third-order valence-corrected chi connectivity index (χ3v) is 4.91. The standard InChI is InChI=1S/C20H19F4NO/c1-13-6-7-15(12-18(13)21)19(26)25-10-8-14(9-11-25)16-4-2-3-5-17(16)20(22,23)24/h2-7,12,14H,8-11H2,1H3. The molecule has 1 saturated heterocycles. The maximum Gasteiger partial charge on any atom is 0.416 e. The Morgan fingerprint density at radius 1 is 1.08 bits per heavy atom. The van der Waals surface area contributed by atoms with Crippen LogP contribution in [0.25, 0.3) is 0 Å². The van der Waals surface area contributed by atoms with Gasteiger partial charge in [-0.25, -0.2) is 4.39 Å². The Balaban J connectivity index is 1.72. The van der Waals surface area contributed by atoms with Gasteiger partial charge < -0.3 is 4.90 Å². The van der Waals surface area contributed by atoms with Crippen molar-refractivity contribution in [3.63, 3.8) is 0 Å². The van der Waals surface area contributed by atoms with E-state index in [0.29, 0.717) is 31.5 Å². The molecular formula is C20H19F4NO. The van der Waals surface area contributed by atoms with Crippen molar-refractivity contribution in [3.8, 4) is 0 Å². The lowest BCUT2D eigenvalue weighted by Gasteiger charge is -2.33. The zero-order valence-corrected chi connectivity index (χ0v) is 14.3. The minimum atomic E-state index is -4.39. The van der Waals surface area contributed by atoms with E-state index >= 15 is 0 Å². The van der Waals surface area contributed by atoms with Gasteiger partial charge in [0.15, 0.2) is 0 Å². The van der Waals surface area contributed by atoms with Crippen LogP contribution in [0.3, 0.4) is 0 Å². The number of aryl methyl sites for hydroxylation is 1. The van der Waals surface area contributed by atoms with Gasteiger partial charge in [0, 0.05) is 18.7 Å². The molecule has 2 aromatic carbocycles. The molecule has 1 fully saturated rings. The number of nitrogens with zero attached hydrogens (tertiary/aromatic N) is 1. The summed E-state index contributed by atoms with van der Waals surface area (Å²) in [6, 6.07) is 9.94. The highest BCUT2D eigenvalue weighted by atomic mass is 19.4. The number of carbonyl (C=O) groups is 1. The second kappa shape index (κ2) is 7.09. The molecule has 0 unspecified atom stereocenters. The molecule has 0 saturated carbocycles. The van der Waals surface area contributed by atoms with Crippen molar-refractivity contribution < 1.29 is 22.4 Å². The van der Waals surface area contributed by atoms with Crippen molar-refractivity contribution in [2.75, 3.05) is 13.1 Å². The third kappa shape index (κ3) is 3.74. The van der Waals surface area contributed by atoms with Gasteiger partial charge in [-0.1, -0.05) is 24.3 Å². The highest BCUT2D eigenvalue weighted by Gasteiger charge is 2.36. The minimum Gasteiger partial charge on any atom is -0.339 e. The van der Waals surface area contributed by atoms with Gasteiger partial charge in [-0.15, -0.1) is 0 Å². The molecule has 1 aliphatic heterocycles. The third-order valence-electron chi connectivity index (χ3n) is 4.91. The molecular weight excluding hydrogens is 346 g/mol. The van der Waals surface area contributed by atoms with E-state index in [9.17, 15) is 22.4 Å². The van der Waals surface area contributed by atoms with Crippen molar-refractivity contribution in [1.29, 1.82) is 0 Å². The summed E-state index contributed by atoms with van der Waals surface area (Å²) in [5.41, 5.74) is 0.408. The average Bonchev–Trinajstić information content (AvgIpc) is 2.63. The van der Waals surface area contributed by atoms with E-state index in [1.165, 1.54) is 18.2 Å². The Labute approximate surface area is 149 Å². The Kier molecular flexibility index (Phi) is 5.03. The molecule has 0 bridgehead atoms. The molecule has 0 radical (unpaired) electrons. The number of alkyl halides is 3. The fourth-order valence-electron chi connectivity index (χ4n) is 3.41. The normalized spacial score (nSPS) is 16.0. The van der Waals surface area contributed by atoms with E-state index in [0.717, 1.165) is 6.07 Å². The van der Waals surface area contributed by atoms with Crippen molar-refractivity contribution in [1.82, 2.24) is 4.90 Å². The molecule has 0 N–H and O–H groups in total. The van der Waals surface area contributed by atoms with Crippen molar-refractivity contribution in [2.24, 2.45) is 0 Å². The molecule has 3 rings (SSSR count). The lowest BCUT2D eigenvalue weighted by atomic mass is 9.86. The second-order valence-corrected chi connectivity index (χ2v) is 6.62. The Morgan fingerprint density at radius 3 is 2.35 bits per heavy atom. The van der Waals surface area contributed by atoms with Crippen LogP contribution in [0.15, 0.2) is 42.5 Å². The summed E-state index contributed by atoms with van der Waals surface area (Å²) in [6.07, 6.45) is -3.48. The van der Waals surface area contributed by atoms with Gasteiger partial charge in [-0.2, -0.15) is 13.2 Å². The largest absolute Gasteiger partial charge is 0.416 e. The molecule has 138 valence electrons. The first-order chi connectivity index (χ1) is 12.3. The van der Waals surface area contributed by atoms with E-state index in [2.05, 4.69) is 0 Å². The summed E-state index contributed by atoms with van der Waals surface area (Å²) in [6.45, 7) is 2.32. The molecule has 1 amide bonds. The van der Waals surface area contributed by atoms with Crippen LogP contribution in [0.2, 0.25) is 0 Å². The number of amides is 1. The van der Waals surface area contributed by atoms with Gasteiger partial charge >= 0.3 is 6.18 Å². The highest BCUT2D eigenvalue weighted by molar-refractivity contribution is 5.94. The quantitative estimate of drug-likeness (QED) is 0.672. The number of hydrogen-bond acceptors (Lipinski definition) is 1. The summed E-state index contributed by atoms with van der Waals surface area (Å²) in [4.78, 5) is 14.1. The topological polar surface area (TPSA) is 20.3 Å². The SMILES string of the molecule is Cc1ccc(C(=O)N2CCC(c3ccccc3C(F)(F)F)CC2)cc1F. The van der Waals surface area contributed by atoms with Crippen LogP contribution in [0.4, 0.5) is 17.6 Å². The number of halogens is 4. The van der Waals surface area contributed by atoms with Crippen LogP contribution >= 0.6 is 0 Å². The molecule has 0 spiro atoms. The maximum atomic E-state index is 13.7. The smallest absolute Gasteiger partial charge is 0.339 e. The molecule has 0 aliphatic carbocycles. The number of carbonyl (C=O) groups excluding carboxylic acids is 1. The number of piperidine rings is 1. The maximum absolute atomic E-state index is 13.7. The van der Waals surface area contributed by atoms with Gasteiger partial charge in [0.25, 0.3) is 5.91 Å². The monoisotopic (exact) mass is 365 g/mol. The fraction of sp³-hybridized carbons (Fsp3) is 0.350. The second-order valence-electron chi connectivity index (χ2n) is 6.62. The first-order valence-corrected chi connectivity index (χ1v) is 8.49. The van der Waals surface area contributed by atoms with Crippen LogP contribution in [0.5, 0.6) is 0 Å². The summed E-state index contributed by atoms with van der Waals surface area (Å²) in [7, 11) is 0. The summed E-state index contributed by atoms with van der Waals surface area (Å²) >= 11 is 0. The number of hydrogen-bond donors (Lipinski definition) is 0. The van der Waals surface area contributed by atoms with Crippen molar-refractivity contribution in [2.45, 2.75) is 31.9 Å². The van der Waals surface area contributed by atoms with E-state index in [1.54, 1.807) is 30.0 Å². The van der Waals surface area contributed by atoms with E-state index < -0.39 is 17.6 Å². The van der Waals surface area contributed by atoms with E-state index in [1.807, 2.05) is 0 Å². The predicted octanol–water partition coefficient (Wildman–Crippen LogP) is 5.17. The minimum absolute atomic E-state index is 0.244. The lowest BCUT2D eigenvalue weighted by molar-refractivity contribution is -0.138. The van der Waals surface area contributed by atoms with Crippen LogP contribution in [0.1, 0.15) is 45.8 Å². The Bertz CT molecular complexity index is 808. The van der Waals surface area contributed by atoms with Gasteiger partial charge in [-0.3, -0.25) is 4.79 Å². The van der Waals surface area contributed by atoms with Crippen LogP contribution in [-0.2, 0) is 6.18 Å². The summed E-state index contributed by atoms with van der Waals surface area (Å²) < 4.78 is 53.3. The summed E-state index contributed by atoms with van der Waals surface area (Å²) in [5, 5.41) is 0. The molecule has 6 heteroatoms. The highest BCUT2D eigenvalue weighted by Crippen LogP contribution is 2.38. The van der Waals surface area contributed by atoms with Crippen LogP contribution in [0, 0.1) is 12.7 Å². The zero-order valence-electron chi connectivity index (χ0n) is 14.3. The first-order valence-electron chi connectivity index (χ1n) is 8.49. The van der Waals surface area contributed by atoms with Crippen LogP contribution in [-0.4, -0.2) is 23.9 Å². The first kappa shape index (κ1) is 18.4. The predicted molar refractivity (Wildman–Crippen MR) is 90.5 cm³/mol. The molecule has 2 nitrogen and oxygen atoms in total. The van der Waals surface area contributed by atoms with Gasteiger partial charge in [0.05, 0.1) is 5.56 Å². The summed E-state index contributed by atoms with van der Waals surface area (Å²) in [5.74, 6) is -0.970. The number of likely N-dealkylation sites (tertiary alicyclic amines) is 1. The Morgan fingerprint density at radius 2 is 1.73 bits per heavy atom.